The minimum absolute atomic E-state index is 0.0717. The normalized spacial score (nSPS) is 11.4. The summed E-state index contributed by atoms with van der Waals surface area (Å²) in [6, 6.07) is 9.98. The van der Waals surface area contributed by atoms with Crippen molar-refractivity contribution in [3.05, 3.63) is 35.9 Å². The van der Waals surface area contributed by atoms with Crippen molar-refractivity contribution in [2.24, 2.45) is 0 Å². The van der Waals surface area contributed by atoms with E-state index in [-0.39, 0.29) is 12.8 Å². The third-order valence-corrected chi connectivity index (χ3v) is 4.95. The highest BCUT2D eigenvalue weighted by atomic mass is 16.4. The summed E-state index contributed by atoms with van der Waals surface area (Å²) in [6.07, 6.45) is 7.17. The average Bonchev–Trinajstić information content (AvgIpc) is 2.62. The second kappa shape index (κ2) is 12.5. The zero-order valence-corrected chi connectivity index (χ0v) is 16.0. The molecule has 146 valence electrons. The molecule has 0 radical (unpaired) electrons. The maximum Gasteiger partial charge on any atom is 0.309 e. The van der Waals surface area contributed by atoms with Crippen LogP contribution in [0.4, 0.5) is 0 Å². The SMILES string of the molecule is CCCCCCCC[N+](CCC(=O)O)(CCC(=O)O)Cc1ccccc1. The Kier molecular flexibility index (Phi) is 10.6. The molecule has 0 saturated heterocycles. The van der Waals surface area contributed by atoms with E-state index in [9.17, 15) is 9.59 Å². The monoisotopic (exact) mass is 364 g/mol. The number of carboxylic acid groups (broad SMARTS) is 2. The van der Waals surface area contributed by atoms with Crippen LogP contribution >= 0.6 is 0 Å². The predicted molar refractivity (Wildman–Crippen MR) is 103 cm³/mol. The number of hydrogen-bond donors (Lipinski definition) is 2. The highest BCUT2D eigenvalue weighted by Crippen LogP contribution is 2.20. The minimum atomic E-state index is -0.821. The molecular formula is C21H34NO4+. The molecule has 0 heterocycles. The molecule has 0 fully saturated rings. The molecule has 1 rings (SSSR count). The van der Waals surface area contributed by atoms with Gasteiger partial charge >= 0.3 is 11.9 Å². The van der Waals surface area contributed by atoms with Gasteiger partial charge in [0.1, 0.15) is 6.54 Å². The third-order valence-electron chi connectivity index (χ3n) is 4.95. The average molecular weight is 365 g/mol. The van der Waals surface area contributed by atoms with Crippen molar-refractivity contribution in [1.29, 1.82) is 0 Å². The van der Waals surface area contributed by atoms with Crippen LogP contribution in [0.3, 0.4) is 0 Å². The zero-order valence-electron chi connectivity index (χ0n) is 16.0. The van der Waals surface area contributed by atoms with Gasteiger partial charge in [0.05, 0.1) is 32.5 Å². The number of quaternary nitrogens is 1. The zero-order chi connectivity index (χ0) is 19.3. The molecule has 0 aliphatic carbocycles. The van der Waals surface area contributed by atoms with Crippen molar-refractivity contribution in [2.45, 2.75) is 64.8 Å². The number of hydrogen-bond acceptors (Lipinski definition) is 2. The molecule has 0 spiro atoms. The second-order valence-corrected chi connectivity index (χ2v) is 7.21. The van der Waals surface area contributed by atoms with Crippen LogP contribution in [0.15, 0.2) is 30.3 Å². The summed E-state index contributed by atoms with van der Waals surface area (Å²) >= 11 is 0. The van der Waals surface area contributed by atoms with Crippen molar-refractivity contribution < 1.29 is 24.3 Å². The topological polar surface area (TPSA) is 74.6 Å². The number of benzene rings is 1. The maximum absolute atomic E-state index is 11.2. The van der Waals surface area contributed by atoms with Crippen molar-refractivity contribution in [3.63, 3.8) is 0 Å². The molecule has 0 bridgehead atoms. The molecule has 1 aromatic rings. The fourth-order valence-corrected chi connectivity index (χ4v) is 3.44. The van der Waals surface area contributed by atoms with Crippen LogP contribution in [0.2, 0.25) is 0 Å². The van der Waals surface area contributed by atoms with Crippen LogP contribution in [-0.2, 0) is 16.1 Å². The van der Waals surface area contributed by atoms with Crippen LogP contribution < -0.4 is 0 Å². The Bertz CT molecular complexity index is 512. The van der Waals surface area contributed by atoms with E-state index in [4.69, 9.17) is 10.2 Å². The van der Waals surface area contributed by atoms with Gasteiger partial charge in [0.25, 0.3) is 0 Å². The van der Waals surface area contributed by atoms with E-state index in [0.717, 1.165) is 24.9 Å². The number of carbonyl (C=O) groups is 2. The molecule has 0 atom stereocenters. The summed E-state index contributed by atoms with van der Waals surface area (Å²) in [5.41, 5.74) is 1.13. The molecule has 5 heteroatoms. The number of rotatable bonds is 15. The molecular weight excluding hydrogens is 330 g/mol. The Balaban J connectivity index is 2.80. The van der Waals surface area contributed by atoms with Crippen molar-refractivity contribution in [1.82, 2.24) is 0 Å². The van der Waals surface area contributed by atoms with Crippen LogP contribution in [-0.4, -0.2) is 46.3 Å². The van der Waals surface area contributed by atoms with Gasteiger partial charge in [0.2, 0.25) is 0 Å². The van der Waals surface area contributed by atoms with E-state index in [1.54, 1.807) is 0 Å². The first-order chi connectivity index (χ1) is 12.5. The van der Waals surface area contributed by atoms with E-state index < -0.39 is 11.9 Å². The van der Waals surface area contributed by atoms with E-state index in [0.29, 0.717) is 24.1 Å². The first kappa shape index (κ1) is 22.2. The van der Waals surface area contributed by atoms with Gasteiger partial charge in [0.15, 0.2) is 0 Å². The van der Waals surface area contributed by atoms with Gasteiger partial charge in [-0.2, -0.15) is 0 Å². The Hall–Kier alpha value is -1.88. The van der Waals surface area contributed by atoms with Gasteiger partial charge in [-0.25, -0.2) is 0 Å². The van der Waals surface area contributed by atoms with Crippen LogP contribution in [0.5, 0.6) is 0 Å². The van der Waals surface area contributed by atoms with Gasteiger partial charge in [-0.05, 0) is 12.8 Å². The number of unbranched alkanes of at least 4 members (excludes halogenated alkanes) is 5. The Morgan fingerprint density at radius 2 is 1.35 bits per heavy atom. The highest BCUT2D eigenvalue weighted by molar-refractivity contribution is 5.67. The summed E-state index contributed by atoms with van der Waals surface area (Å²) in [5, 5.41) is 18.3. The molecule has 5 nitrogen and oxygen atoms in total. The molecule has 26 heavy (non-hydrogen) atoms. The third kappa shape index (κ3) is 9.56. The van der Waals surface area contributed by atoms with Crippen molar-refractivity contribution >= 4 is 11.9 Å². The van der Waals surface area contributed by atoms with Crippen molar-refractivity contribution in [2.75, 3.05) is 19.6 Å². The fourth-order valence-electron chi connectivity index (χ4n) is 3.44. The van der Waals surface area contributed by atoms with Gasteiger partial charge < -0.3 is 14.7 Å². The van der Waals surface area contributed by atoms with Crippen LogP contribution in [0.1, 0.15) is 63.9 Å². The minimum Gasteiger partial charge on any atom is -0.481 e. The lowest BCUT2D eigenvalue weighted by Crippen LogP contribution is -2.50. The van der Waals surface area contributed by atoms with E-state index in [2.05, 4.69) is 6.92 Å². The predicted octanol–water partition coefficient (Wildman–Crippen LogP) is 4.31. The molecule has 0 saturated carbocycles. The van der Waals surface area contributed by atoms with Gasteiger partial charge in [-0.1, -0.05) is 62.9 Å². The lowest BCUT2D eigenvalue weighted by Gasteiger charge is -2.38. The van der Waals surface area contributed by atoms with E-state index in [1.165, 1.54) is 25.7 Å². The smallest absolute Gasteiger partial charge is 0.309 e. The molecule has 0 aliphatic heterocycles. The quantitative estimate of drug-likeness (QED) is 0.359. The second-order valence-electron chi connectivity index (χ2n) is 7.21. The first-order valence-corrected chi connectivity index (χ1v) is 9.80. The lowest BCUT2D eigenvalue weighted by atomic mass is 10.1. The first-order valence-electron chi connectivity index (χ1n) is 9.80. The number of carboxylic acids is 2. The fraction of sp³-hybridized carbons (Fsp3) is 0.619. The molecule has 0 aromatic heterocycles. The lowest BCUT2D eigenvalue weighted by molar-refractivity contribution is -0.940. The van der Waals surface area contributed by atoms with E-state index >= 15 is 0 Å². The van der Waals surface area contributed by atoms with Gasteiger partial charge in [-0.3, -0.25) is 9.59 Å². The highest BCUT2D eigenvalue weighted by Gasteiger charge is 2.29. The standard InChI is InChI=1S/C21H33NO4/c1-2-3-4-5-6-10-15-22(16-13-20(23)24,17-14-21(25)26)18-19-11-8-7-9-12-19/h7-9,11-12H,2-6,10,13-18H2,1H3,(H-,23,24,25,26)/p+1. The van der Waals surface area contributed by atoms with Crippen LogP contribution in [0, 0.1) is 0 Å². The van der Waals surface area contributed by atoms with Crippen LogP contribution in [0.25, 0.3) is 0 Å². The molecule has 0 aliphatic rings. The Morgan fingerprint density at radius 1 is 0.808 bits per heavy atom. The van der Waals surface area contributed by atoms with E-state index in [1.807, 2.05) is 30.3 Å². The number of nitrogens with zero attached hydrogens (tertiary/aromatic N) is 1. The van der Waals surface area contributed by atoms with Crippen molar-refractivity contribution in [3.8, 4) is 0 Å². The molecule has 0 unspecified atom stereocenters. The summed E-state index contributed by atoms with van der Waals surface area (Å²) in [4.78, 5) is 22.3. The summed E-state index contributed by atoms with van der Waals surface area (Å²) in [7, 11) is 0. The summed E-state index contributed by atoms with van der Waals surface area (Å²) < 4.78 is 0.538. The van der Waals surface area contributed by atoms with Gasteiger partial charge in [-0.15, -0.1) is 0 Å². The summed E-state index contributed by atoms with van der Waals surface area (Å²) in [6.45, 7) is 4.68. The largest absolute Gasteiger partial charge is 0.481 e. The molecule has 1 aromatic carbocycles. The maximum atomic E-state index is 11.2. The Labute approximate surface area is 157 Å². The number of aliphatic carboxylic acids is 2. The summed E-state index contributed by atoms with van der Waals surface area (Å²) in [5.74, 6) is -1.64. The molecule has 2 N–H and O–H groups in total. The Morgan fingerprint density at radius 3 is 1.88 bits per heavy atom. The molecule has 0 amide bonds. The van der Waals surface area contributed by atoms with Gasteiger partial charge in [0, 0.05) is 5.56 Å².